The molecule has 0 aromatic heterocycles. The van der Waals surface area contributed by atoms with Crippen LogP contribution in [0, 0.1) is 10.1 Å². The molecular weight excluding hydrogens is 570 g/mol. The summed E-state index contributed by atoms with van der Waals surface area (Å²) in [4.78, 5) is 10.9. The summed E-state index contributed by atoms with van der Waals surface area (Å²) in [5.41, 5.74) is 0.618. The van der Waals surface area contributed by atoms with Gasteiger partial charge in [0.25, 0.3) is 0 Å². The third kappa shape index (κ3) is 6.09. The molecule has 0 bridgehead atoms. The monoisotopic (exact) mass is 603 g/mol. The van der Waals surface area contributed by atoms with E-state index >= 15 is 0 Å². The topological polar surface area (TPSA) is 150 Å². The van der Waals surface area contributed by atoms with E-state index in [2.05, 4.69) is 0 Å². The third-order valence-corrected chi connectivity index (χ3v) is 7.61. The number of aliphatic hydroxyl groups excluding tert-OH is 3. The van der Waals surface area contributed by atoms with Crippen molar-refractivity contribution in [2.24, 2.45) is 0 Å². The maximum atomic E-state index is 11.5. The van der Waals surface area contributed by atoms with E-state index in [4.69, 9.17) is 23.7 Å². The lowest BCUT2D eigenvalue weighted by Crippen LogP contribution is -2.60. The molecule has 44 heavy (non-hydrogen) atoms. The highest BCUT2D eigenvalue weighted by atomic mass is 16.7. The Morgan fingerprint density at radius 2 is 1.25 bits per heavy atom. The Morgan fingerprint density at radius 3 is 1.80 bits per heavy atom. The van der Waals surface area contributed by atoms with E-state index in [-0.39, 0.29) is 18.0 Å². The fourth-order valence-corrected chi connectivity index (χ4v) is 5.27. The lowest BCUT2D eigenvalue weighted by Gasteiger charge is -2.42. The van der Waals surface area contributed by atoms with Gasteiger partial charge in [-0.2, -0.15) is 0 Å². The molecule has 11 heteroatoms. The van der Waals surface area contributed by atoms with Crippen molar-refractivity contribution in [1.29, 1.82) is 0 Å². The largest absolute Gasteiger partial charge is 0.497 e. The first-order valence-electron chi connectivity index (χ1n) is 13.9. The standard InChI is InChI=1S/C33H33NO10/c1-40-24-16-12-22(13-17-24)33(21-8-4-3-5-9-21,23-14-18-25(41-2)19-15-23)42-20-28-29(35)30(36)31(37)32(44-28)43-27-11-7-6-10-26(27)34(38)39/h3-19,28-32,35-37H,20H2,1-2H3. The van der Waals surface area contributed by atoms with Crippen LogP contribution in [0.25, 0.3) is 0 Å². The molecule has 1 aliphatic heterocycles. The second kappa shape index (κ2) is 13.4. The molecular formula is C33H33NO10. The molecule has 5 rings (SSSR count). The van der Waals surface area contributed by atoms with Gasteiger partial charge in [0, 0.05) is 6.07 Å². The number of benzene rings is 4. The number of hydrogen-bond acceptors (Lipinski definition) is 10. The second-order valence-corrected chi connectivity index (χ2v) is 10.2. The molecule has 0 amide bonds. The number of para-hydroxylation sites is 2. The summed E-state index contributed by atoms with van der Waals surface area (Å²) in [7, 11) is 3.15. The summed E-state index contributed by atoms with van der Waals surface area (Å²) in [5, 5.41) is 43.9. The van der Waals surface area contributed by atoms with Crippen LogP contribution in [0.2, 0.25) is 0 Å². The summed E-state index contributed by atoms with van der Waals surface area (Å²) >= 11 is 0. The van der Waals surface area contributed by atoms with Crippen molar-refractivity contribution in [2.45, 2.75) is 36.3 Å². The smallest absolute Gasteiger partial charge is 0.311 e. The zero-order valence-corrected chi connectivity index (χ0v) is 24.1. The maximum Gasteiger partial charge on any atom is 0.311 e. The van der Waals surface area contributed by atoms with Crippen molar-refractivity contribution in [3.63, 3.8) is 0 Å². The van der Waals surface area contributed by atoms with E-state index in [0.29, 0.717) is 11.5 Å². The van der Waals surface area contributed by atoms with Gasteiger partial charge in [-0.3, -0.25) is 10.1 Å². The van der Waals surface area contributed by atoms with Gasteiger partial charge in [0.1, 0.15) is 41.5 Å². The van der Waals surface area contributed by atoms with Gasteiger partial charge in [-0.25, -0.2) is 0 Å². The van der Waals surface area contributed by atoms with Gasteiger partial charge >= 0.3 is 5.69 Å². The highest BCUT2D eigenvalue weighted by Crippen LogP contribution is 2.42. The van der Waals surface area contributed by atoms with E-state index in [1.165, 1.54) is 24.3 Å². The molecule has 5 unspecified atom stereocenters. The number of ether oxygens (including phenoxy) is 5. The quantitative estimate of drug-likeness (QED) is 0.131. The third-order valence-electron chi connectivity index (χ3n) is 7.61. The number of nitro groups is 1. The Hall–Kier alpha value is -4.52. The van der Waals surface area contributed by atoms with Crippen molar-refractivity contribution in [3.8, 4) is 17.2 Å². The second-order valence-electron chi connectivity index (χ2n) is 10.2. The van der Waals surface area contributed by atoms with Crippen LogP contribution in [-0.2, 0) is 15.1 Å². The van der Waals surface area contributed by atoms with Crippen molar-refractivity contribution < 1.29 is 43.9 Å². The van der Waals surface area contributed by atoms with Crippen LogP contribution in [0.4, 0.5) is 5.69 Å². The van der Waals surface area contributed by atoms with Crippen LogP contribution >= 0.6 is 0 Å². The van der Waals surface area contributed by atoms with Crippen LogP contribution in [-0.4, -0.2) is 71.8 Å². The molecule has 1 aliphatic rings. The number of methoxy groups -OCH3 is 2. The highest BCUT2D eigenvalue weighted by Gasteiger charge is 2.47. The molecule has 1 saturated heterocycles. The Morgan fingerprint density at radius 1 is 0.727 bits per heavy atom. The van der Waals surface area contributed by atoms with Gasteiger partial charge in [0.2, 0.25) is 6.29 Å². The van der Waals surface area contributed by atoms with Crippen molar-refractivity contribution >= 4 is 5.69 Å². The molecule has 1 fully saturated rings. The van der Waals surface area contributed by atoms with Crippen LogP contribution in [0.3, 0.4) is 0 Å². The molecule has 5 atom stereocenters. The number of rotatable bonds is 11. The molecule has 0 aliphatic carbocycles. The maximum absolute atomic E-state index is 11.5. The first-order chi connectivity index (χ1) is 21.3. The van der Waals surface area contributed by atoms with Gasteiger partial charge in [0.15, 0.2) is 5.75 Å². The Kier molecular flexibility index (Phi) is 9.43. The first kappa shape index (κ1) is 30.9. The number of hydrogen-bond donors (Lipinski definition) is 3. The summed E-state index contributed by atoms with van der Waals surface area (Å²) in [6.07, 6.45) is -7.73. The average molecular weight is 604 g/mol. The van der Waals surface area contributed by atoms with E-state index < -0.39 is 41.2 Å². The first-order valence-corrected chi connectivity index (χ1v) is 13.9. The van der Waals surface area contributed by atoms with Gasteiger partial charge in [-0.05, 0) is 47.0 Å². The molecule has 11 nitrogen and oxygen atoms in total. The van der Waals surface area contributed by atoms with Crippen LogP contribution in [0.5, 0.6) is 17.2 Å². The Bertz CT molecular complexity index is 1480. The fourth-order valence-electron chi connectivity index (χ4n) is 5.27. The number of aliphatic hydroxyl groups is 3. The normalized spacial score (nSPS) is 21.8. The zero-order valence-electron chi connectivity index (χ0n) is 24.1. The van der Waals surface area contributed by atoms with E-state index in [9.17, 15) is 25.4 Å². The fraction of sp³-hybridized carbons (Fsp3) is 0.273. The summed E-state index contributed by atoms with van der Waals surface area (Å²) in [6.45, 7) is -0.283. The molecule has 4 aromatic carbocycles. The van der Waals surface area contributed by atoms with E-state index in [1.807, 2.05) is 78.9 Å². The predicted octanol–water partition coefficient (Wildman–Crippen LogP) is 3.81. The average Bonchev–Trinajstić information content (AvgIpc) is 3.07. The van der Waals surface area contributed by atoms with E-state index in [0.717, 1.165) is 16.7 Å². The minimum absolute atomic E-state index is 0.167. The lowest BCUT2D eigenvalue weighted by molar-refractivity contribution is -0.387. The number of nitro benzene ring substituents is 1. The minimum Gasteiger partial charge on any atom is -0.497 e. The molecule has 1 heterocycles. The number of nitrogens with zero attached hydrogens (tertiary/aromatic N) is 1. The molecule has 0 saturated carbocycles. The van der Waals surface area contributed by atoms with Crippen molar-refractivity contribution in [2.75, 3.05) is 20.8 Å². The zero-order chi connectivity index (χ0) is 31.3. The summed E-state index contributed by atoms with van der Waals surface area (Å²) in [5.74, 6) is 1.12. The lowest BCUT2D eigenvalue weighted by atomic mass is 9.80. The molecule has 3 N–H and O–H groups in total. The van der Waals surface area contributed by atoms with Crippen LogP contribution in [0.1, 0.15) is 16.7 Å². The molecule has 230 valence electrons. The van der Waals surface area contributed by atoms with Crippen molar-refractivity contribution in [3.05, 3.63) is 130 Å². The summed E-state index contributed by atoms with van der Waals surface area (Å²) < 4.78 is 29.1. The van der Waals surface area contributed by atoms with Gasteiger partial charge in [-0.15, -0.1) is 0 Å². The minimum atomic E-state index is -1.71. The Labute approximate surface area is 253 Å². The molecule has 0 radical (unpaired) electrons. The summed E-state index contributed by atoms with van der Waals surface area (Å²) in [6, 6.07) is 29.8. The van der Waals surface area contributed by atoms with Gasteiger partial charge in [-0.1, -0.05) is 66.7 Å². The highest BCUT2D eigenvalue weighted by molar-refractivity contribution is 5.50. The SMILES string of the molecule is COc1ccc(C(OCC2OC(Oc3ccccc3[N+](=O)[O-])C(O)C(O)C2O)(c2ccccc2)c2ccc(OC)cc2)cc1. The van der Waals surface area contributed by atoms with Crippen LogP contribution in [0.15, 0.2) is 103 Å². The predicted molar refractivity (Wildman–Crippen MR) is 159 cm³/mol. The van der Waals surface area contributed by atoms with Gasteiger partial charge in [0.05, 0.1) is 25.7 Å². The van der Waals surface area contributed by atoms with E-state index in [1.54, 1.807) is 14.2 Å². The van der Waals surface area contributed by atoms with Gasteiger partial charge < -0.3 is 39.0 Å². The van der Waals surface area contributed by atoms with Crippen LogP contribution < -0.4 is 14.2 Å². The molecule has 0 spiro atoms. The Balaban J connectivity index is 1.53. The van der Waals surface area contributed by atoms with Crippen molar-refractivity contribution in [1.82, 2.24) is 0 Å². The molecule has 4 aromatic rings.